The van der Waals surface area contributed by atoms with E-state index < -0.39 is 5.97 Å². The van der Waals surface area contributed by atoms with E-state index in [4.69, 9.17) is 10.5 Å². The zero-order valence-corrected chi connectivity index (χ0v) is 25.6. The third kappa shape index (κ3) is 6.02. The van der Waals surface area contributed by atoms with E-state index in [9.17, 15) is 14.4 Å². The minimum absolute atomic E-state index is 0.0442. The highest BCUT2D eigenvalue weighted by atomic mass is 32.1. The fourth-order valence-corrected chi connectivity index (χ4v) is 6.22. The molecular weight excluding hydrogens is 562 g/mol. The molecule has 0 saturated heterocycles. The molecule has 3 heterocycles. The highest BCUT2D eigenvalue weighted by Crippen LogP contribution is 2.43. The Bertz CT molecular complexity index is 1710. The molecule has 2 aromatic carbocycles. The number of aromatic nitrogens is 1. The van der Waals surface area contributed by atoms with Gasteiger partial charge < -0.3 is 26.0 Å². The number of pyridine rings is 1. The second-order valence-corrected chi connectivity index (χ2v) is 11.4. The molecule has 4 N–H and O–H groups in total. The normalized spacial score (nSPS) is 12.2. The van der Waals surface area contributed by atoms with E-state index in [2.05, 4.69) is 32.0 Å². The summed E-state index contributed by atoms with van der Waals surface area (Å²) < 4.78 is 5.09. The van der Waals surface area contributed by atoms with Gasteiger partial charge in [0.25, 0.3) is 11.8 Å². The SMILES string of the molecule is CCCNC(=O)c1ccc(-c2cc3c(cc2C(=O)Nc2ccc(CN)cc2C)-c2sccc2CCN3C)c(C(=O)OC)n1. The molecule has 0 saturated carbocycles. The number of amides is 2. The van der Waals surface area contributed by atoms with Crippen molar-refractivity contribution in [2.24, 2.45) is 5.73 Å². The second-order valence-electron chi connectivity index (χ2n) is 10.5. The highest BCUT2D eigenvalue weighted by Gasteiger charge is 2.27. The van der Waals surface area contributed by atoms with Crippen LogP contribution in [-0.4, -0.2) is 50.0 Å². The maximum atomic E-state index is 14.1. The number of thiophene rings is 1. The van der Waals surface area contributed by atoms with Gasteiger partial charge in [-0.3, -0.25) is 9.59 Å². The van der Waals surface area contributed by atoms with Crippen LogP contribution >= 0.6 is 11.3 Å². The molecule has 0 unspecified atom stereocenters. The van der Waals surface area contributed by atoms with Gasteiger partial charge in [0, 0.05) is 59.6 Å². The number of ether oxygens (including phenoxy) is 1. The number of carbonyl (C=O) groups is 3. The fraction of sp³-hybridized carbons (Fsp3) is 0.273. The van der Waals surface area contributed by atoms with E-state index in [1.807, 2.05) is 51.2 Å². The number of anilines is 2. The standard InChI is InChI=1S/C33H35N5O4S/c1-5-12-35-32(40)27-9-7-22(29(36-27)33(41)42-4)23-17-28-25(30-21(11-14-43-30)10-13-38(28)3)16-24(23)31(39)37-26-8-6-20(18-34)15-19(26)2/h6-9,11,14-17H,5,10,12-13,18,34H2,1-4H3,(H,35,40)(H,37,39). The molecule has 0 aliphatic carbocycles. The number of hydrogen-bond acceptors (Lipinski definition) is 8. The number of hydrogen-bond donors (Lipinski definition) is 3. The summed E-state index contributed by atoms with van der Waals surface area (Å²) in [4.78, 5) is 47.6. The molecule has 4 aromatic rings. The Hall–Kier alpha value is -4.54. The number of rotatable bonds is 8. The van der Waals surface area contributed by atoms with Crippen LogP contribution in [0.2, 0.25) is 0 Å². The van der Waals surface area contributed by atoms with Crippen molar-refractivity contribution < 1.29 is 19.1 Å². The number of nitrogens with one attached hydrogen (secondary N) is 2. The Kier molecular flexibility index (Phi) is 8.89. The first-order valence-corrected chi connectivity index (χ1v) is 15.1. The minimum atomic E-state index is -0.705. The van der Waals surface area contributed by atoms with E-state index in [0.717, 1.165) is 46.6 Å². The quantitative estimate of drug-likeness (QED) is 0.232. The summed E-state index contributed by atoms with van der Waals surface area (Å²) in [7, 11) is 3.28. The van der Waals surface area contributed by atoms with Crippen molar-refractivity contribution >= 4 is 40.5 Å². The van der Waals surface area contributed by atoms with Crippen LogP contribution in [0, 0.1) is 6.92 Å². The smallest absolute Gasteiger partial charge is 0.357 e. The molecule has 10 heteroatoms. The maximum Gasteiger partial charge on any atom is 0.357 e. The number of carbonyl (C=O) groups excluding carboxylic acids is 3. The van der Waals surface area contributed by atoms with Crippen molar-refractivity contribution in [1.82, 2.24) is 10.3 Å². The molecule has 1 aliphatic heterocycles. The number of esters is 1. The topological polar surface area (TPSA) is 127 Å². The van der Waals surface area contributed by atoms with Gasteiger partial charge in [-0.15, -0.1) is 11.3 Å². The zero-order chi connectivity index (χ0) is 30.7. The molecule has 0 atom stereocenters. The van der Waals surface area contributed by atoms with Gasteiger partial charge in [-0.05, 0) is 83.8 Å². The van der Waals surface area contributed by atoms with Gasteiger partial charge >= 0.3 is 5.97 Å². The van der Waals surface area contributed by atoms with E-state index in [1.54, 1.807) is 23.5 Å². The predicted octanol–water partition coefficient (Wildman–Crippen LogP) is 5.42. The average Bonchev–Trinajstić information content (AvgIpc) is 3.45. The van der Waals surface area contributed by atoms with E-state index in [0.29, 0.717) is 35.5 Å². The lowest BCUT2D eigenvalue weighted by Gasteiger charge is -2.23. The number of nitrogens with two attached hydrogens (primary N) is 1. The summed E-state index contributed by atoms with van der Waals surface area (Å²) in [5, 5.41) is 7.92. The first-order chi connectivity index (χ1) is 20.7. The Labute approximate surface area is 255 Å². The van der Waals surface area contributed by atoms with Crippen molar-refractivity contribution in [2.45, 2.75) is 33.2 Å². The zero-order valence-electron chi connectivity index (χ0n) is 24.7. The monoisotopic (exact) mass is 597 g/mol. The Morgan fingerprint density at radius 1 is 1.05 bits per heavy atom. The lowest BCUT2D eigenvalue weighted by molar-refractivity contribution is 0.0594. The van der Waals surface area contributed by atoms with Crippen LogP contribution in [0.25, 0.3) is 21.6 Å². The largest absolute Gasteiger partial charge is 0.464 e. The van der Waals surface area contributed by atoms with Crippen LogP contribution in [0.5, 0.6) is 0 Å². The second kappa shape index (κ2) is 12.8. The number of aryl methyl sites for hydroxylation is 1. The van der Waals surface area contributed by atoms with Crippen LogP contribution in [0.3, 0.4) is 0 Å². The van der Waals surface area contributed by atoms with E-state index in [1.165, 1.54) is 12.7 Å². The summed E-state index contributed by atoms with van der Waals surface area (Å²) in [6, 6.07) is 14.9. The molecule has 222 valence electrons. The first-order valence-electron chi connectivity index (χ1n) is 14.2. The van der Waals surface area contributed by atoms with Gasteiger partial charge in [0.2, 0.25) is 0 Å². The van der Waals surface area contributed by atoms with Crippen LogP contribution < -0.4 is 21.3 Å². The predicted molar refractivity (Wildman–Crippen MR) is 171 cm³/mol. The van der Waals surface area contributed by atoms with Crippen LogP contribution in [0.4, 0.5) is 11.4 Å². The lowest BCUT2D eigenvalue weighted by Crippen LogP contribution is -2.26. The molecular formula is C33H35N5O4S. The fourth-order valence-electron chi connectivity index (χ4n) is 5.24. The number of benzene rings is 2. The van der Waals surface area contributed by atoms with Gasteiger partial charge in [-0.1, -0.05) is 19.1 Å². The van der Waals surface area contributed by atoms with Crippen molar-refractivity contribution in [3.63, 3.8) is 0 Å². The highest BCUT2D eigenvalue weighted by molar-refractivity contribution is 7.13. The third-order valence-electron chi connectivity index (χ3n) is 7.61. The number of methoxy groups -OCH3 is 1. The molecule has 1 aliphatic rings. The lowest BCUT2D eigenvalue weighted by atomic mass is 9.92. The summed E-state index contributed by atoms with van der Waals surface area (Å²) in [5.41, 5.74) is 12.7. The van der Waals surface area contributed by atoms with Gasteiger partial charge in [0.15, 0.2) is 5.69 Å². The average molecular weight is 598 g/mol. The van der Waals surface area contributed by atoms with Crippen LogP contribution in [-0.2, 0) is 17.7 Å². The number of likely N-dealkylation sites (N-methyl/N-ethyl adjacent to an activating group) is 1. The summed E-state index contributed by atoms with van der Waals surface area (Å²) in [5.74, 6) is -1.43. The molecule has 43 heavy (non-hydrogen) atoms. The van der Waals surface area contributed by atoms with E-state index >= 15 is 0 Å². The van der Waals surface area contributed by atoms with Gasteiger partial charge in [-0.25, -0.2) is 9.78 Å². The maximum absolute atomic E-state index is 14.1. The molecule has 0 fully saturated rings. The number of fused-ring (bicyclic) bond motifs is 3. The molecule has 0 spiro atoms. The summed E-state index contributed by atoms with van der Waals surface area (Å²) in [6.07, 6.45) is 1.62. The van der Waals surface area contributed by atoms with Crippen molar-refractivity contribution in [2.75, 3.05) is 37.5 Å². The minimum Gasteiger partial charge on any atom is -0.464 e. The Morgan fingerprint density at radius 2 is 1.86 bits per heavy atom. The third-order valence-corrected chi connectivity index (χ3v) is 8.60. The molecule has 5 rings (SSSR count). The Balaban J connectivity index is 1.71. The molecule has 2 amide bonds. The summed E-state index contributed by atoms with van der Waals surface area (Å²) >= 11 is 1.64. The van der Waals surface area contributed by atoms with Gasteiger partial charge in [0.1, 0.15) is 5.69 Å². The van der Waals surface area contributed by atoms with Gasteiger partial charge in [-0.2, -0.15) is 0 Å². The molecule has 0 bridgehead atoms. The van der Waals surface area contributed by atoms with Crippen molar-refractivity contribution in [3.05, 3.63) is 87.6 Å². The van der Waals surface area contributed by atoms with Gasteiger partial charge in [0.05, 0.1) is 7.11 Å². The Morgan fingerprint density at radius 3 is 2.58 bits per heavy atom. The number of nitrogens with zero attached hydrogens (tertiary/aromatic N) is 2. The first kappa shape index (κ1) is 29.9. The molecule has 0 radical (unpaired) electrons. The molecule has 2 aromatic heterocycles. The molecule has 9 nitrogen and oxygen atoms in total. The summed E-state index contributed by atoms with van der Waals surface area (Å²) in [6.45, 7) is 5.53. The van der Waals surface area contributed by atoms with Crippen molar-refractivity contribution in [3.8, 4) is 21.6 Å². The van der Waals surface area contributed by atoms with Crippen LogP contribution in [0.1, 0.15) is 61.4 Å². The van der Waals surface area contributed by atoms with Crippen LogP contribution in [0.15, 0.2) is 53.9 Å². The van der Waals surface area contributed by atoms with E-state index in [-0.39, 0.29) is 23.2 Å². The van der Waals surface area contributed by atoms with Crippen molar-refractivity contribution in [1.29, 1.82) is 0 Å².